The van der Waals surface area contributed by atoms with E-state index in [1.165, 1.54) is 16.7 Å². The van der Waals surface area contributed by atoms with Gasteiger partial charge in [-0.1, -0.05) is 78.1 Å². The molecule has 2 aromatic rings. The molecule has 1 saturated heterocycles. The monoisotopic (exact) mass is 357 g/mol. The second kappa shape index (κ2) is 7.13. The number of thioether (sulfide) groups is 1. The number of benzene rings is 2. The van der Waals surface area contributed by atoms with Crippen LogP contribution < -0.4 is 4.90 Å². The average Bonchev–Trinajstić information content (AvgIpc) is 2.84. The summed E-state index contributed by atoms with van der Waals surface area (Å²) in [7, 11) is 0. The van der Waals surface area contributed by atoms with Gasteiger partial charge in [-0.15, -0.1) is 0 Å². The first kappa shape index (κ1) is 16.0. The number of hydrogen-bond donors (Lipinski definition) is 0. The molecule has 1 aliphatic heterocycles. The Morgan fingerprint density at radius 3 is 2.43 bits per heavy atom. The van der Waals surface area contributed by atoms with Crippen molar-refractivity contribution in [3.63, 3.8) is 0 Å². The van der Waals surface area contributed by atoms with Gasteiger partial charge in [-0.05, 0) is 35.9 Å². The van der Waals surface area contributed by atoms with Gasteiger partial charge in [-0.25, -0.2) is 0 Å². The van der Waals surface area contributed by atoms with Crippen molar-refractivity contribution in [2.24, 2.45) is 0 Å². The highest BCUT2D eigenvalue weighted by atomic mass is 35.5. The van der Waals surface area contributed by atoms with Crippen LogP contribution in [0.25, 0.3) is 6.08 Å². The first-order valence-corrected chi connectivity index (χ1v) is 8.51. The summed E-state index contributed by atoms with van der Waals surface area (Å²) in [5, 5.41) is 0.625. The second-order valence-electron chi connectivity index (χ2n) is 4.79. The van der Waals surface area contributed by atoms with Crippen molar-refractivity contribution in [3.05, 3.63) is 82.2 Å². The van der Waals surface area contributed by atoms with Gasteiger partial charge in [-0.2, -0.15) is 0 Å². The molecule has 0 radical (unpaired) electrons. The molecule has 114 valence electrons. The maximum absolute atomic E-state index is 12.5. The number of amides is 1. The van der Waals surface area contributed by atoms with E-state index in [-0.39, 0.29) is 5.91 Å². The lowest BCUT2D eigenvalue weighted by molar-refractivity contribution is -0.113. The van der Waals surface area contributed by atoms with E-state index >= 15 is 0 Å². The first-order valence-electron chi connectivity index (χ1n) is 6.90. The van der Waals surface area contributed by atoms with E-state index in [1.54, 1.807) is 30.3 Å². The van der Waals surface area contributed by atoms with E-state index in [9.17, 15) is 4.79 Å². The van der Waals surface area contributed by atoms with Crippen molar-refractivity contribution in [3.8, 4) is 0 Å². The maximum atomic E-state index is 12.5. The van der Waals surface area contributed by atoms with Crippen molar-refractivity contribution >= 4 is 57.6 Å². The van der Waals surface area contributed by atoms with Crippen LogP contribution in [0, 0.1) is 0 Å². The topological polar surface area (TPSA) is 20.3 Å². The second-order valence-corrected chi connectivity index (χ2v) is 6.90. The van der Waals surface area contributed by atoms with E-state index in [4.69, 9.17) is 23.8 Å². The van der Waals surface area contributed by atoms with Gasteiger partial charge >= 0.3 is 0 Å². The van der Waals surface area contributed by atoms with Crippen LogP contribution in [0.5, 0.6) is 0 Å². The lowest BCUT2D eigenvalue weighted by Crippen LogP contribution is -2.27. The number of carbonyl (C=O) groups is 1. The molecule has 0 unspecified atom stereocenters. The number of carbonyl (C=O) groups excluding carboxylic acids is 1. The molecule has 5 heteroatoms. The zero-order valence-electron chi connectivity index (χ0n) is 12.0. The van der Waals surface area contributed by atoms with Crippen molar-refractivity contribution < 1.29 is 4.79 Å². The molecular formula is C18H12ClNOS2. The predicted molar refractivity (Wildman–Crippen MR) is 103 cm³/mol. The number of thiocarbonyl (C=S) groups is 1. The Bertz CT molecular complexity index is 798. The van der Waals surface area contributed by atoms with Crippen LogP contribution in [-0.4, -0.2) is 10.2 Å². The molecule has 1 fully saturated rings. The minimum Gasteiger partial charge on any atom is -0.268 e. The maximum Gasteiger partial charge on any atom is 0.270 e. The summed E-state index contributed by atoms with van der Waals surface area (Å²) in [5.41, 5.74) is 1.81. The van der Waals surface area contributed by atoms with E-state index in [0.29, 0.717) is 14.2 Å². The van der Waals surface area contributed by atoms with Crippen LogP contribution in [0.3, 0.4) is 0 Å². The van der Waals surface area contributed by atoms with Gasteiger partial charge in [0.2, 0.25) is 0 Å². The van der Waals surface area contributed by atoms with Crippen LogP contribution in [0.15, 0.2) is 71.7 Å². The normalized spacial score (nSPS) is 16.7. The van der Waals surface area contributed by atoms with E-state index < -0.39 is 0 Å². The van der Waals surface area contributed by atoms with Crippen LogP contribution >= 0.6 is 35.6 Å². The molecule has 1 amide bonds. The summed E-state index contributed by atoms with van der Waals surface area (Å²) in [6.07, 6.45) is 5.61. The molecule has 2 nitrogen and oxygen atoms in total. The standard InChI is InChI=1S/C18H12ClNOS2/c19-14-9-11-15(12-10-14)20-17(21)16(23-18(20)22)8-4-7-13-5-2-1-3-6-13/h1-12H/b7-4+,16-8+. The molecule has 0 bridgehead atoms. The third kappa shape index (κ3) is 3.72. The van der Waals surface area contributed by atoms with E-state index in [1.807, 2.05) is 42.5 Å². The highest BCUT2D eigenvalue weighted by Gasteiger charge is 2.32. The van der Waals surface area contributed by atoms with Gasteiger partial charge < -0.3 is 0 Å². The van der Waals surface area contributed by atoms with E-state index in [2.05, 4.69) is 0 Å². The Hall–Kier alpha value is -1.88. The van der Waals surface area contributed by atoms with Gasteiger partial charge in [0, 0.05) is 5.02 Å². The smallest absolute Gasteiger partial charge is 0.268 e. The molecule has 0 spiro atoms. The van der Waals surface area contributed by atoms with Crippen LogP contribution in [0.2, 0.25) is 5.02 Å². The van der Waals surface area contributed by atoms with Crippen molar-refractivity contribution in [1.82, 2.24) is 0 Å². The minimum absolute atomic E-state index is 0.111. The average molecular weight is 358 g/mol. The van der Waals surface area contributed by atoms with Crippen LogP contribution in [0.1, 0.15) is 5.56 Å². The molecule has 0 aromatic heterocycles. The molecule has 1 aliphatic rings. The fourth-order valence-electron chi connectivity index (χ4n) is 2.11. The Morgan fingerprint density at radius 2 is 1.74 bits per heavy atom. The third-order valence-electron chi connectivity index (χ3n) is 3.21. The van der Waals surface area contributed by atoms with Gasteiger partial charge in [0.1, 0.15) is 0 Å². The highest BCUT2D eigenvalue weighted by Crippen LogP contribution is 2.35. The fraction of sp³-hybridized carbons (Fsp3) is 0. The molecule has 0 saturated carbocycles. The van der Waals surface area contributed by atoms with Crippen molar-refractivity contribution in [2.45, 2.75) is 0 Å². The van der Waals surface area contributed by atoms with Crippen molar-refractivity contribution in [1.29, 1.82) is 0 Å². The fourth-order valence-corrected chi connectivity index (χ4v) is 3.48. The summed E-state index contributed by atoms with van der Waals surface area (Å²) in [6.45, 7) is 0. The van der Waals surface area contributed by atoms with Crippen molar-refractivity contribution in [2.75, 3.05) is 4.90 Å². The lowest BCUT2D eigenvalue weighted by Gasteiger charge is -2.14. The van der Waals surface area contributed by atoms with Crippen LogP contribution in [0.4, 0.5) is 5.69 Å². The number of nitrogens with zero attached hydrogens (tertiary/aromatic N) is 1. The summed E-state index contributed by atoms with van der Waals surface area (Å²) < 4.78 is 0.525. The van der Waals surface area contributed by atoms with Crippen LogP contribution in [-0.2, 0) is 4.79 Å². The summed E-state index contributed by atoms with van der Waals surface area (Å²) in [6, 6.07) is 17.0. The lowest BCUT2D eigenvalue weighted by atomic mass is 10.2. The Kier molecular flexibility index (Phi) is 4.96. The Morgan fingerprint density at radius 1 is 1.04 bits per heavy atom. The molecular weight excluding hydrogens is 346 g/mol. The molecule has 0 aliphatic carbocycles. The molecule has 1 heterocycles. The zero-order valence-corrected chi connectivity index (χ0v) is 14.4. The Balaban J connectivity index is 1.79. The number of hydrogen-bond acceptors (Lipinski definition) is 3. The SMILES string of the molecule is O=C1/C(=C\C=C\c2ccccc2)SC(=S)N1c1ccc(Cl)cc1. The van der Waals surface area contributed by atoms with Gasteiger partial charge in [-0.3, -0.25) is 9.69 Å². The third-order valence-corrected chi connectivity index (χ3v) is 4.79. The summed E-state index contributed by atoms with van der Waals surface area (Å²) >= 11 is 12.5. The number of anilines is 1. The zero-order chi connectivity index (χ0) is 16.2. The predicted octanol–water partition coefficient (Wildman–Crippen LogP) is 5.30. The van der Waals surface area contributed by atoms with E-state index in [0.717, 1.165) is 11.3 Å². The summed E-state index contributed by atoms with van der Waals surface area (Å²) in [5.74, 6) is -0.111. The largest absolute Gasteiger partial charge is 0.270 e. The van der Waals surface area contributed by atoms with Gasteiger partial charge in [0.25, 0.3) is 5.91 Å². The number of rotatable bonds is 3. The number of halogens is 1. The van der Waals surface area contributed by atoms with Gasteiger partial charge in [0.15, 0.2) is 4.32 Å². The quantitative estimate of drug-likeness (QED) is 0.549. The van der Waals surface area contributed by atoms with Gasteiger partial charge in [0.05, 0.1) is 10.6 Å². The number of allylic oxidation sites excluding steroid dienone is 2. The molecule has 3 rings (SSSR count). The molecule has 2 aromatic carbocycles. The minimum atomic E-state index is -0.111. The molecule has 0 atom stereocenters. The molecule has 0 N–H and O–H groups in total. The molecule has 23 heavy (non-hydrogen) atoms. The first-order chi connectivity index (χ1) is 11.1. The highest BCUT2D eigenvalue weighted by molar-refractivity contribution is 8.27. The summed E-state index contributed by atoms with van der Waals surface area (Å²) in [4.78, 5) is 14.7. The Labute approximate surface area is 149 Å².